The minimum absolute atomic E-state index is 0.00351. The Balaban J connectivity index is 1.45. The van der Waals surface area contributed by atoms with Crippen LogP contribution in [0.1, 0.15) is 24.6 Å². The number of likely N-dealkylation sites (tertiary alicyclic amines) is 1. The molecule has 2 aliphatic rings. The van der Waals surface area contributed by atoms with E-state index in [1.807, 2.05) is 4.90 Å². The number of rotatable bonds is 4. The summed E-state index contributed by atoms with van der Waals surface area (Å²) in [6.07, 6.45) is 2.82. The second kappa shape index (κ2) is 6.98. The average Bonchev–Trinajstić information content (AvgIpc) is 3.17. The van der Waals surface area contributed by atoms with Gasteiger partial charge in [-0.05, 0) is 30.2 Å². The molecule has 1 atom stereocenters. The van der Waals surface area contributed by atoms with Crippen LogP contribution in [0.3, 0.4) is 0 Å². The lowest BCUT2D eigenvalue weighted by Crippen LogP contribution is -2.54. The van der Waals surface area contributed by atoms with Crippen molar-refractivity contribution in [1.82, 2.24) is 10.2 Å². The van der Waals surface area contributed by atoms with Gasteiger partial charge >= 0.3 is 6.03 Å². The first kappa shape index (κ1) is 15.8. The summed E-state index contributed by atoms with van der Waals surface area (Å²) in [6.45, 7) is 5.45. The van der Waals surface area contributed by atoms with Gasteiger partial charge in [0.2, 0.25) is 0 Å². The Morgan fingerprint density at radius 3 is 3.05 bits per heavy atom. The number of hydrogen-bond acceptors (Lipinski definition) is 4. The van der Waals surface area contributed by atoms with Crippen molar-refractivity contribution in [3.8, 4) is 0 Å². The van der Waals surface area contributed by atoms with Gasteiger partial charge in [-0.2, -0.15) is 0 Å². The second-order valence-corrected chi connectivity index (χ2v) is 7.24. The van der Waals surface area contributed by atoms with E-state index in [0.717, 1.165) is 25.8 Å². The molecule has 1 unspecified atom stereocenters. The molecular formula is C16H24N2O3S. The van der Waals surface area contributed by atoms with Crippen molar-refractivity contribution < 1.29 is 14.3 Å². The Morgan fingerprint density at radius 2 is 2.32 bits per heavy atom. The van der Waals surface area contributed by atoms with E-state index in [9.17, 15) is 4.79 Å². The third kappa shape index (κ3) is 3.80. The first-order valence-corrected chi connectivity index (χ1v) is 8.88. The third-order valence-electron chi connectivity index (χ3n) is 4.25. The van der Waals surface area contributed by atoms with E-state index in [2.05, 4.69) is 29.8 Å². The highest BCUT2D eigenvalue weighted by atomic mass is 32.1. The van der Waals surface area contributed by atoms with Crippen LogP contribution < -0.4 is 5.32 Å². The maximum Gasteiger partial charge on any atom is 0.317 e. The Kier molecular flexibility index (Phi) is 5.00. The summed E-state index contributed by atoms with van der Waals surface area (Å²) < 4.78 is 11.4. The van der Waals surface area contributed by atoms with Crippen LogP contribution in [0.5, 0.6) is 0 Å². The molecule has 0 saturated carbocycles. The van der Waals surface area contributed by atoms with Crippen molar-refractivity contribution in [1.29, 1.82) is 0 Å². The maximum absolute atomic E-state index is 12.4. The normalized spacial score (nSPS) is 22.0. The Labute approximate surface area is 135 Å². The van der Waals surface area contributed by atoms with Crippen molar-refractivity contribution in [3.05, 3.63) is 22.4 Å². The van der Waals surface area contributed by atoms with Crippen molar-refractivity contribution >= 4 is 17.4 Å². The standard InChI is InChI=1S/C16H24N2O3S/c1-13(10-14-4-2-9-22-14)11-17-15(19)18-6-3-5-16(12-18)20-7-8-21-16/h2,4,9,13H,3,5-8,10-12H2,1H3,(H,17,19). The fourth-order valence-corrected chi connectivity index (χ4v) is 3.98. The smallest absolute Gasteiger partial charge is 0.317 e. The topological polar surface area (TPSA) is 50.8 Å². The number of carbonyl (C=O) groups excluding carboxylic acids is 1. The van der Waals surface area contributed by atoms with Crippen LogP contribution in [0.25, 0.3) is 0 Å². The number of carbonyl (C=O) groups is 1. The molecule has 2 amide bonds. The minimum atomic E-state index is -0.543. The predicted octanol–water partition coefficient (Wildman–Crippen LogP) is 2.48. The lowest BCUT2D eigenvalue weighted by atomic mass is 10.0. The number of nitrogens with one attached hydrogen (secondary N) is 1. The van der Waals surface area contributed by atoms with E-state index in [1.165, 1.54) is 4.88 Å². The van der Waals surface area contributed by atoms with Gasteiger partial charge in [0, 0.05) is 24.4 Å². The predicted molar refractivity (Wildman–Crippen MR) is 86.0 cm³/mol. The highest BCUT2D eigenvalue weighted by Gasteiger charge is 2.42. The molecule has 1 aromatic heterocycles. The molecule has 1 spiro atoms. The highest BCUT2D eigenvalue weighted by Crippen LogP contribution is 2.30. The number of thiophene rings is 1. The summed E-state index contributed by atoms with van der Waals surface area (Å²) in [5.74, 6) is -0.113. The Hall–Kier alpha value is -1.11. The summed E-state index contributed by atoms with van der Waals surface area (Å²) in [6, 6.07) is 4.21. The van der Waals surface area contributed by atoms with E-state index < -0.39 is 5.79 Å². The maximum atomic E-state index is 12.4. The van der Waals surface area contributed by atoms with Gasteiger partial charge in [-0.25, -0.2) is 4.79 Å². The van der Waals surface area contributed by atoms with Crippen LogP contribution in [-0.2, 0) is 15.9 Å². The lowest BCUT2D eigenvalue weighted by molar-refractivity contribution is -0.182. The number of ether oxygens (including phenoxy) is 2. The van der Waals surface area contributed by atoms with Crippen LogP contribution in [-0.4, -0.2) is 49.6 Å². The second-order valence-electron chi connectivity index (χ2n) is 6.21. The molecule has 2 saturated heterocycles. The minimum Gasteiger partial charge on any atom is -0.346 e. The molecule has 2 aliphatic heterocycles. The molecule has 3 rings (SSSR count). The van der Waals surface area contributed by atoms with Crippen LogP contribution >= 0.6 is 11.3 Å². The Bertz CT molecular complexity index is 486. The average molecular weight is 324 g/mol. The lowest BCUT2D eigenvalue weighted by Gasteiger charge is -2.38. The fraction of sp³-hybridized carbons (Fsp3) is 0.688. The largest absolute Gasteiger partial charge is 0.346 e. The van der Waals surface area contributed by atoms with Gasteiger partial charge in [-0.1, -0.05) is 13.0 Å². The van der Waals surface area contributed by atoms with Crippen LogP contribution in [0, 0.1) is 5.92 Å². The molecule has 3 heterocycles. The molecule has 5 nitrogen and oxygen atoms in total. The van der Waals surface area contributed by atoms with Crippen molar-refractivity contribution in [2.45, 2.75) is 32.0 Å². The fourth-order valence-electron chi connectivity index (χ4n) is 3.11. The molecule has 0 aromatic carbocycles. The first-order chi connectivity index (χ1) is 10.7. The van der Waals surface area contributed by atoms with Crippen molar-refractivity contribution in [2.75, 3.05) is 32.8 Å². The van der Waals surface area contributed by atoms with Crippen LogP contribution in [0.15, 0.2) is 17.5 Å². The van der Waals surface area contributed by atoms with E-state index in [0.29, 0.717) is 32.2 Å². The van der Waals surface area contributed by atoms with Gasteiger partial charge in [0.05, 0.1) is 19.8 Å². The number of piperidine rings is 1. The van der Waals surface area contributed by atoms with Crippen LogP contribution in [0.2, 0.25) is 0 Å². The van der Waals surface area contributed by atoms with Crippen LogP contribution in [0.4, 0.5) is 4.79 Å². The zero-order valence-corrected chi connectivity index (χ0v) is 13.9. The van der Waals surface area contributed by atoms with E-state index in [1.54, 1.807) is 11.3 Å². The molecule has 22 heavy (non-hydrogen) atoms. The molecule has 6 heteroatoms. The SMILES string of the molecule is CC(CNC(=O)N1CCCC2(C1)OCCO2)Cc1cccs1. The molecule has 0 bridgehead atoms. The highest BCUT2D eigenvalue weighted by molar-refractivity contribution is 7.09. The first-order valence-electron chi connectivity index (χ1n) is 8.00. The summed E-state index contributed by atoms with van der Waals surface area (Å²) in [7, 11) is 0. The molecule has 122 valence electrons. The van der Waals surface area contributed by atoms with Gasteiger partial charge in [-0.15, -0.1) is 11.3 Å². The molecule has 0 radical (unpaired) electrons. The van der Waals surface area contributed by atoms with Gasteiger partial charge < -0.3 is 19.7 Å². The van der Waals surface area contributed by atoms with Gasteiger partial charge in [0.15, 0.2) is 5.79 Å². The summed E-state index contributed by atoms with van der Waals surface area (Å²) in [5.41, 5.74) is 0. The number of amides is 2. The van der Waals surface area contributed by atoms with Gasteiger partial charge in [0.1, 0.15) is 0 Å². The zero-order chi connectivity index (χ0) is 15.4. The van der Waals surface area contributed by atoms with Gasteiger partial charge in [-0.3, -0.25) is 0 Å². The quantitative estimate of drug-likeness (QED) is 0.926. The summed E-state index contributed by atoms with van der Waals surface area (Å²) in [5, 5.41) is 5.14. The number of hydrogen-bond donors (Lipinski definition) is 1. The van der Waals surface area contributed by atoms with E-state index in [4.69, 9.17) is 9.47 Å². The molecule has 1 N–H and O–H groups in total. The zero-order valence-electron chi connectivity index (χ0n) is 13.0. The number of nitrogens with zero attached hydrogens (tertiary/aromatic N) is 1. The molecule has 2 fully saturated rings. The number of urea groups is 1. The van der Waals surface area contributed by atoms with Gasteiger partial charge in [0.25, 0.3) is 0 Å². The van der Waals surface area contributed by atoms with Crippen molar-refractivity contribution in [3.63, 3.8) is 0 Å². The molecular weight excluding hydrogens is 300 g/mol. The van der Waals surface area contributed by atoms with E-state index in [-0.39, 0.29) is 6.03 Å². The Morgan fingerprint density at radius 1 is 1.50 bits per heavy atom. The molecule has 0 aliphatic carbocycles. The molecule has 1 aromatic rings. The third-order valence-corrected chi connectivity index (χ3v) is 5.15. The van der Waals surface area contributed by atoms with Crippen molar-refractivity contribution in [2.24, 2.45) is 5.92 Å². The summed E-state index contributed by atoms with van der Waals surface area (Å²) >= 11 is 1.77. The monoisotopic (exact) mass is 324 g/mol. The van der Waals surface area contributed by atoms with E-state index >= 15 is 0 Å². The summed E-state index contributed by atoms with van der Waals surface area (Å²) in [4.78, 5) is 15.5.